The molecule has 0 bridgehead atoms. The summed E-state index contributed by atoms with van der Waals surface area (Å²) in [6, 6.07) is 15.5. The van der Waals surface area contributed by atoms with Gasteiger partial charge in [0, 0.05) is 19.6 Å². The van der Waals surface area contributed by atoms with Crippen molar-refractivity contribution in [3.05, 3.63) is 60.3 Å². The molecule has 0 atom stereocenters. The molecule has 1 N–H and O–H groups in total. The topological polar surface area (TPSA) is 86.1 Å². The second-order valence-corrected chi connectivity index (χ2v) is 7.16. The van der Waals surface area contributed by atoms with Gasteiger partial charge >= 0.3 is 5.97 Å². The van der Waals surface area contributed by atoms with Crippen molar-refractivity contribution in [1.82, 2.24) is 14.7 Å². The molecule has 2 heterocycles. The highest BCUT2D eigenvalue weighted by Crippen LogP contribution is 2.27. The Morgan fingerprint density at radius 1 is 1.06 bits per heavy atom. The Balaban J connectivity index is 1.51. The highest BCUT2D eigenvalue weighted by molar-refractivity contribution is 5.90. The number of carboxylic acid groups (broad SMARTS) is 1. The molecule has 8 heteroatoms. The lowest BCUT2D eigenvalue weighted by Crippen LogP contribution is -2.38. The first-order valence-corrected chi connectivity index (χ1v) is 10.1. The summed E-state index contributed by atoms with van der Waals surface area (Å²) in [7, 11) is 1.64. The zero-order valence-electron chi connectivity index (χ0n) is 17.4. The van der Waals surface area contributed by atoms with Gasteiger partial charge in [0.15, 0.2) is 0 Å². The molecule has 1 saturated heterocycles. The van der Waals surface area contributed by atoms with E-state index in [1.165, 1.54) is 10.9 Å². The zero-order valence-corrected chi connectivity index (χ0v) is 17.4. The fourth-order valence-corrected chi connectivity index (χ4v) is 3.48. The quantitative estimate of drug-likeness (QED) is 0.596. The van der Waals surface area contributed by atoms with E-state index in [0.717, 1.165) is 35.7 Å². The Kier molecular flexibility index (Phi) is 6.49. The van der Waals surface area contributed by atoms with Crippen LogP contribution in [0, 0.1) is 0 Å². The van der Waals surface area contributed by atoms with Crippen LogP contribution >= 0.6 is 0 Å². The number of aromatic carboxylic acids is 1. The normalized spacial score (nSPS) is 14.4. The molecule has 2 aromatic carbocycles. The molecule has 31 heavy (non-hydrogen) atoms. The molecule has 162 valence electrons. The molecular weight excluding hydrogens is 398 g/mol. The van der Waals surface area contributed by atoms with Crippen LogP contribution in [0.2, 0.25) is 0 Å². The lowest BCUT2D eigenvalue weighted by molar-refractivity contribution is 0.0317. The highest BCUT2D eigenvalue weighted by atomic mass is 16.5. The van der Waals surface area contributed by atoms with E-state index in [2.05, 4.69) is 10.00 Å². The van der Waals surface area contributed by atoms with Crippen LogP contribution in [-0.4, -0.2) is 72.3 Å². The molecular formula is C23H25N3O5. The number of nitrogens with zero attached hydrogens (tertiary/aromatic N) is 3. The molecule has 8 nitrogen and oxygen atoms in total. The zero-order chi connectivity index (χ0) is 21.6. The summed E-state index contributed by atoms with van der Waals surface area (Å²) in [5.41, 5.74) is 2.86. The van der Waals surface area contributed by atoms with Crippen LogP contribution in [-0.2, 0) is 4.74 Å². The van der Waals surface area contributed by atoms with Crippen molar-refractivity contribution in [2.45, 2.75) is 0 Å². The summed E-state index contributed by atoms with van der Waals surface area (Å²) < 4.78 is 18.0. The third-order valence-corrected chi connectivity index (χ3v) is 5.24. The van der Waals surface area contributed by atoms with Crippen LogP contribution in [0.4, 0.5) is 0 Å². The summed E-state index contributed by atoms with van der Waals surface area (Å²) >= 11 is 0. The molecule has 0 radical (unpaired) electrons. The SMILES string of the molecule is COc1ccc(-c2ccc(-n3ncc(C(=O)O)c3OCCN3CCOCC3)cc2)cc1. The van der Waals surface area contributed by atoms with Gasteiger partial charge in [0.2, 0.25) is 5.88 Å². The molecule has 1 fully saturated rings. The van der Waals surface area contributed by atoms with Gasteiger partial charge in [-0.15, -0.1) is 0 Å². The van der Waals surface area contributed by atoms with Crippen molar-refractivity contribution < 1.29 is 24.1 Å². The summed E-state index contributed by atoms with van der Waals surface area (Å²) in [5, 5.41) is 13.8. The van der Waals surface area contributed by atoms with Gasteiger partial charge < -0.3 is 19.3 Å². The fourth-order valence-electron chi connectivity index (χ4n) is 3.48. The summed E-state index contributed by atoms with van der Waals surface area (Å²) in [4.78, 5) is 13.9. The predicted octanol–water partition coefficient (Wildman–Crippen LogP) is 2.96. The number of aromatic nitrogens is 2. The average Bonchev–Trinajstić information content (AvgIpc) is 3.24. The van der Waals surface area contributed by atoms with Gasteiger partial charge in [-0.05, 0) is 35.4 Å². The maximum absolute atomic E-state index is 11.7. The van der Waals surface area contributed by atoms with Gasteiger partial charge in [0.25, 0.3) is 0 Å². The van der Waals surface area contributed by atoms with E-state index in [-0.39, 0.29) is 11.4 Å². The van der Waals surface area contributed by atoms with Gasteiger partial charge in [-0.1, -0.05) is 24.3 Å². The molecule has 4 rings (SSSR count). The average molecular weight is 423 g/mol. The number of carbonyl (C=O) groups is 1. The number of hydrogen-bond acceptors (Lipinski definition) is 6. The molecule has 0 spiro atoms. The van der Waals surface area contributed by atoms with Crippen LogP contribution in [0.5, 0.6) is 11.6 Å². The lowest BCUT2D eigenvalue weighted by Gasteiger charge is -2.26. The van der Waals surface area contributed by atoms with Crippen molar-refractivity contribution in [2.75, 3.05) is 46.6 Å². The number of hydrogen-bond donors (Lipinski definition) is 1. The molecule has 0 saturated carbocycles. The molecule has 0 aliphatic carbocycles. The van der Waals surface area contributed by atoms with Gasteiger partial charge in [0.05, 0.1) is 32.2 Å². The van der Waals surface area contributed by atoms with Crippen molar-refractivity contribution in [2.24, 2.45) is 0 Å². The third kappa shape index (κ3) is 4.87. The smallest absolute Gasteiger partial charge is 0.342 e. The van der Waals surface area contributed by atoms with Crippen LogP contribution in [0.15, 0.2) is 54.7 Å². The Hall–Kier alpha value is -3.36. The maximum Gasteiger partial charge on any atom is 0.342 e. The van der Waals surface area contributed by atoms with E-state index < -0.39 is 5.97 Å². The first-order chi connectivity index (χ1) is 15.2. The molecule has 1 aromatic heterocycles. The van der Waals surface area contributed by atoms with E-state index in [1.807, 2.05) is 48.5 Å². The number of carboxylic acids is 1. The largest absolute Gasteiger partial charge is 0.497 e. The monoisotopic (exact) mass is 423 g/mol. The van der Waals surface area contributed by atoms with E-state index in [4.69, 9.17) is 14.2 Å². The number of rotatable bonds is 8. The number of methoxy groups -OCH3 is 1. The van der Waals surface area contributed by atoms with Crippen LogP contribution in [0.3, 0.4) is 0 Å². The second-order valence-electron chi connectivity index (χ2n) is 7.16. The molecule has 3 aromatic rings. The van der Waals surface area contributed by atoms with Gasteiger partial charge in [0.1, 0.15) is 17.9 Å². The Labute approximate surface area is 180 Å². The predicted molar refractivity (Wildman–Crippen MR) is 115 cm³/mol. The summed E-state index contributed by atoms with van der Waals surface area (Å²) in [5.74, 6) is -0.0302. The van der Waals surface area contributed by atoms with Crippen LogP contribution in [0.1, 0.15) is 10.4 Å². The number of benzene rings is 2. The second kappa shape index (κ2) is 9.63. The third-order valence-electron chi connectivity index (χ3n) is 5.24. The first kappa shape index (κ1) is 20.9. The molecule has 1 aliphatic heterocycles. The Bertz CT molecular complexity index is 1010. The van der Waals surface area contributed by atoms with Crippen molar-refractivity contribution >= 4 is 5.97 Å². The van der Waals surface area contributed by atoms with Crippen LogP contribution < -0.4 is 9.47 Å². The standard InChI is InChI=1S/C23H25N3O5/c1-29-20-8-4-18(5-9-20)17-2-6-19(7-3-17)26-22(21(16-24-26)23(27)28)31-15-12-25-10-13-30-14-11-25/h2-9,16H,10-15H2,1H3,(H,27,28). The maximum atomic E-state index is 11.7. The van der Waals surface area contributed by atoms with Crippen molar-refractivity contribution in [3.63, 3.8) is 0 Å². The molecule has 1 aliphatic rings. The Morgan fingerprint density at radius 3 is 2.32 bits per heavy atom. The Morgan fingerprint density at radius 2 is 1.71 bits per heavy atom. The van der Waals surface area contributed by atoms with Gasteiger partial charge in [-0.25, -0.2) is 9.48 Å². The summed E-state index contributed by atoms with van der Waals surface area (Å²) in [6.07, 6.45) is 1.32. The van der Waals surface area contributed by atoms with E-state index >= 15 is 0 Å². The fraction of sp³-hybridized carbons (Fsp3) is 0.304. The van der Waals surface area contributed by atoms with E-state index in [9.17, 15) is 9.90 Å². The minimum atomic E-state index is -1.07. The summed E-state index contributed by atoms with van der Waals surface area (Å²) in [6.45, 7) is 4.18. The number of ether oxygens (including phenoxy) is 3. The van der Waals surface area contributed by atoms with Crippen molar-refractivity contribution in [3.8, 4) is 28.4 Å². The van der Waals surface area contributed by atoms with Gasteiger partial charge in [-0.2, -0.15) is 5.10 Å². The van der Waals surface area contributed by atoms with E-state index in [0.29, 0.717) is 26.4 Å². The lowest BCUT2D eigenvalue weighted by atomic mass is 10.1. The van der Waals surface area contributed by atoms with Crippen molar-refractivity contribution in [1.29, 1.82) is 0 Å². The minimum absolute atomic E-state index is 0.0428. The number of morpholine rings is 1. The first-order valence-electron chi connectivity index (χ1n) is 10.1. The molecule has 0 amide bonds. The van der Waals surface area contributed by atoms with Gasteiger partial charge in [-0.3, -0.25) is 4.90 Å². The minimum Gasteiger partial charge on any atom is -0.497 e. The molecule has 0 unspecified atom stereocenters. The highest BCUT2D eigenvalue weighted by Gasteiger charge is 2.20. The van der Waals surface area contributed by atoms with E-state index in [1.54, 1.807) is 7.11 Å². The van der Waals surface area contributed by atoms with Crippen LogP contribution in [0.25, 0.3) is 16.8 Å².